The summed E-state index contributed by atoms with van der Waals surface area (Å²) in [4.78, 5) is 0. The van der Waals surface area contributed by atoms with Crippen LogP contribution in [0.4, 0.5) is 0 Å². The van der Waals surface area contributed by atoms with Crippen molar-refractivity contribution in [2.75, 3.05) is 0 Å². The average Bonchev–Trinajstić information content (AvgIpc) is 2.64. The normalized spacial score (nSPS) is 20.4. The molecular weight excluding hydrogens is 286 g/mol. The largest absolute Gasteiger partial charge is 0.262 e. The molecule has 0 aliphatic heterocycles. The summed E-state index contributed by atoms with van der Waals surface area (Å²) in [5.74, 6) is 0. The van der Waals surface area contributed by atoms with Crippen molar-refractivity contribution in [2.45, 2.75) is 26.7 Å². The SMILES string of the molecule is C[n+]1c(/C=C2/C=C(Cl)CC(C)(C)C2)sc2ccccc21. The minimum atomic E-state index is 0.257. The van der Waals surface area contributed by atoms with Crippen LogP contribution >= 0.6 is 22.9 Å². The maximum Gasteiger partial charge on any atom is 0.262 e. The summed E-state index contributed by atoms with van der Waals surface area (Å²) in [5.41, 5.74) is 2.87. The molecular formula is C17H19ClNS+. The van der Waals surface area contributed by atoms with E-state index in [4.69, 9.17) is 11.6 Å². The van der Waals surface area contributed by atoms with Crippen LogP contribution in [0.3, 0.4) is 0 Å². The molecule has 104 valence electrons. The molecule has 0 saturated heterocycles. The Morgan fingerprint density at radius 3 is 2.70 bits per heavy atom. The van der Waals surface area contributed by atoms with Crippen LogP contribution in [-0.4, -0.2) is 0 Å². The Kier molecular flexibility index (Phi) is 3.47. The number of fused-ring (bicyclic) bond motifs is 1. The highest BCUT2D eigenvalue weighted by Gasteiger charge is 2.25. The zero-order chi connectivity index (χ0) is 14.3. The van der Waals surface area contributed by atoms with E-state index >= 15 is 0 Å². The van der Waals surface area contributed by atoms with E-state index in [1.165, 1.54) is 20.8 Å². The molecule has 1 heterocycles. The zero-order valence-electron chi connectivity index (χ0n) is 12.1. The molecule has 0 radical (unpaired) electrons. The van der Waals surface area contributed by atoms with E-state index < -0.39 is 0 Å². The number of thiazole rings is 1. The fourth-order valence-corrected chi connectivity index (χ4v) is 4.50. The predicted molar refractivity (Wildman–Crippen MR) is 87.9 cm³/mol. The summed E-state index contributed by atoms with van der Waals surface area (Å²) in [6.45, 7) is 4.56. The van der Waals surface area contributed by atoms with E-state index in [0.29, 0.717) is 0 Å². The molecule has 20 heavy (non-hydrogen) atoms. The van der Waals surface area contributed by atoms with Gasteiger partial charge in [0, 0.05) is 17.2 Å². The van der Waals surface area contributed by atoms with E-state index in [2.05, 4.69) is 61.9 Å². The number of halogens is 1. The number of aromatic nitrogens is 1. The molecule has 0 spiro atoms. The van der Waals surface area contributed by atoms with Gasteiger partial charge >= 0.3 is 0 Å². The monoisotopic (exact) mass is 304 g/mol. The predicted octanol–water partition coefficient (Wildman–Crippen LogP) is 5.05. The second-order valence-corrected chi connectivity index (χ2v) is 7.84. The average molecular weight is 305 g/mol. The van der Waals surface area contributed by atoms with Gasteiger partial charge in [-0.3, -0.25) is 0 Å². The topological polar surface area (TPSA) is 3.88 Å². The Labute approximate surface area is 129 Å². The molecule has 0 N–H and O–H groups in total. The smallest absolute Gasteiger partial charge is 0.185 e. The minimum absolute atomic E-state index is 0.257. The van der Waals surface area contributed by atoms with Gasteiger partial charge in [0.25, 0.3) is 5.01 Å². The molecule has 2 aromatic rings. The number of hydrogen-bond donors (Lipinski definition) is 0. The van der Waals surface area contributed by atoms with Gasteiger partial charge in [-0.25, -0.2) is 0 Å². The van der Waals surface area contributed by atoms with Crippen molar-refractivity contribution in [1.29, 1.82) is 0 Å². The Morgan fingerprint density at radius 2 is 2.00 bits per heavy atom. The van der Waals surface area contributed by atoms with Crippen LogP contribution in [0.15, 0.2) is 40.9 Å². The number of aryl methyl sites for hydroxylation is 1. The van der Waals surface area contributed by atoms with Crippen molar-refractivity contribution in [3.05, 3.63) is 46.0 Å². The van der Waals surface area contributed by atoms with Crippen LogP contribution < -0.4 is 4.57 Å². The molecule has 0 fully saturated rings. The second-order valence-electron chi connectivity index (χ2n) is 6.30. The van der Waals surface area contributed by atoms with Crippen molar-refractivity contribution in [3.63, 3.8) is 0 Å². The second kappa shape index (κ2) is 5.01. The van der Waals surface area contributed by atoms with Gasteiger partial charge in [0.15, 0.2) is 0 Å². The Morgan fingerprint density at radius 1 is 1.25 bits per heavy atom. The number of para-hydroxylation sites is 1. The zero-order valence-corrected chi connectivity index (χ0v) is 13.7. The van der Waals surface area contributed by atoms with Gasteiger partial charge in [-0.2, -0.15) is 4.57 Å². The lowest BCUT2D eigenvalue weighted by Crippen LogP contribution is -2.29. The summed E-state index contributed by atoms with van der Waals surface area (Å²) in [6, 6.07) is 8.53. The van der Waals surface area contributed by atoms with Gasteiger partial charge in [-0.05, 0) is 36.0 Å². The van der Waals surface area contributed by atoms with E-state index in [1.54, 1.807) is 0 Å². The Hall–Kier alpha value is -1.12. The first-order chi connectivity index (χ1) is 9.44. The number of benzene rings is 1. The maximum atomic E-state index is 6.30. The lowest BCUT2D eigenvalue weighted by Gasteiger charge is -2.28. The number of hydrogen-bond acceptors (Lipinski definition) is 1. The van der Waals surface area contributed by atoms with Crippen LogP contribution in [0.2, 0.25) is 0 Å². The number of nitrogens with zero attached hydrogens (tertiary/aromatic N) is 1. The molecule has 1 aromatic carbocycles. The van der Waals surface area contributed by atoms with Crippen molar-refractivity contribution in [3.8, 4) is 0 Å². The quantitative estimate of drug-likeness (QED) is 0.649. The van der Waals surface area contributed by atoms with Crippen molar-refractivity contribution >= 4 is 39.2 Å². The molecule has 1 aliphatic carbocycles. The van der Waals surface area contributed by atoms with E-state index in [0.717, 1.165) is 17.9 Å². The molecule has 0 saturated carbocycles. The van der Waals surface area contributed by atoms with Crippen LogP contribution in [0, 0.1) is 5.41 Å². The lowest BCUT2D eigenvalue weighted by molar-refractivity contribution is -0.642. The fourth-order valence-electron chi connectivity index (χ4n) is 2.87. The summed E-state index contributed by atoms with van der Waals surface area (Å²) >= 11 is 8.13. The first-order valence-corrected chi connectivity index (χ1v) is 8.08. The fraction of sp³-hybridized carbons (Fsp3) is 0.353. The van der Waals surface area contributed by atoms with Gasteiger partial charge in [0.05, 0.1) is 0 Å². The van der Waals surface area contributed by atoms with Crippen molar-refractivity contribution in [2.24, 2.45) is 12.5 Å². The maximum absolute atomic E-state index is 6.30. The molecule has 1 nitrogen and oxygen atoms in total. The standard InChI is InChI=1S/C17H19ClNS/c1-17(2)10-12(8-13(18)11-17)9-16-19(3)14-6-4-5-7-15(14)20-16/h4-9H,10-11H2,1-3H3/q+1/b12-9-. The highest BCUT2D eigenvalue weighted by molar-refractivity contribution is 7.18. The van der Waals surface area contributed by atoms with Gasteiger partial charge in [0.2, 0.25) is 5.52 Å². The molecule has 0 unspecified atom stereocenters. The highest BCUT2D eigenvalue weighted by Crippen LogP contribution is 2.40. The summed E-state index contributed by atoms with van der Waals surface area (Å²) in [5, 5.41) is 2.25. The van der Waals surface area contributed by atoms with Crippen LogP contribution in [0.25, 0.3) is 16.3 Å². The third-order valence-electron chi connectivity index (χ3n) is 3.75. The first kappa shape index (κ1) is 13.8. The molecule has 3 heteroatoms. The lowest BCUT2D eigenvalue weighted by atomic mass is 9.78. The molecule has 0 atom stereocenters. The van der Waals surface area contributed by atoms with Crippen LogP contribution in [0.5, 0.6) is 0 Å². The third kappa shape index (κ3) is 2.68. The van der Waals surface area contributed by atoms with Gasteiger partial charge in [-0.15, -0.1) is 0 Å². The Balaban J connectivity index is 2.06. The first-order valence-electron chi connectivity index (χ1n) is 6.89. The molecule has 0 bridgehead atoms. The number of rotatable bonds is 1. The van der Waals surface area contributed by atoms with Crippen LogP contribution in [0.1, 0.15) is 31.7 Å². The summed E-state index contributed by atoms with van der Waals surface area (Å²) < 4.78 is 3.59. The highest BCUT2D eigenvalue weighted by atomic mass is 35.5. The van der Waals surface area contributed by atoms with E-state index in [1.807, 2.05) is 11.3 Å². The van der Waals surface area contributed by atoms with Gasteiger partial charge < -0.3 is 0 Å². The number of allylic oxidation sites excluding steroid dienone is 3. The molecule has 3 rings (SSSR count). The van der Waals surface area contributed by atoms with Gasteiger partial charge in [-0.1, -0.05) is 48.9 Å². The van der Waals surface area contributed by atoms with Crippen molar-refractivity contribution in [1.82, 2.24) is 0 Å². The molecule has 1 aliphatic rings. The minimum Gasteiger partial charge on any atom is -0.185 e. The van der Waals surface area contributed by atoms with Crippen molar-refractivity contribution < 1.29 is 4.57 Å². The van der Waals surface area contributed by atoms with Crippen LogP contribution in [-0.2, 0) is 7.05 Å². The summed E-state index contributed by atoms with van der Waals surface area (Å²) in [7, 11) is 2.13. The van der Waals surface area contributed by atoms with E-state index in [9.17, 15) is 0 Å². The third-order valence-corrected chi connectivity index (χ3v) is 5.16. The molecule has 0 amide bonds. The molecule has 1 aromatic heterocycles. The Bertz CT molecular complexity index is 722. The van der Waals surface area contributed by atoms with Gasteiger partial charge in [0.1, 0.15) is 11.7 Å². The summed E-state index contributed by atoms with van der Waals surface area (Å²) in [6.07, 6.45) is 6.48. The van der Waals surface area contributed by atoms with E-state index in [-0.39, 0.29) is 5.41 Å².